The first-order valence-corrected chi connectivity index (χ1v) is 30.2. The summed E-state index contributed by atoms with van der Waals surface area (Å²) in [7, 11) is -9.26. The average Bonchev–Trinajstić information content (AvgIpc) is 3.37. The number of carbonyl (C=O) groups is 2. The van der Waals surface area contributed by atoms with Crippen LogP contribution in [0.4, 0.5) is 11.4 Å². The molecular weight excluding hydrogens is 977 g/mol. The summed E-state index contributed by atoms with van der Waals surface area (Å²) in [6, 6.07) is 9.75. The van der Waals surface area contributed by atoms with Gasteiger partial charge in [0.05, 0.1) is 34.8 Å². The van der Waals surface area contributed by atoms with Gasteiger partial charge in [0.15, 0.2) is 9.79 Å². The fraction of sp³-hybridized carbons (Fsp3) is 0.717. The molecule has 0 saturated heterocycles. The van der Waals surface area contributed by atoms with Crippen molar-refractivity contribution in [2.75, 3.05) is 32.8 Å². The molecule has 2 rings (SSSR count). The Morgan fingerprint density at radius 1 is 0.562 bits per heavy atom. The number of nitrogens with zero attached hydrogens (tertiary/aromatic N) is 5. The topological polar surface area (TPSA) is 238 Å². The van der Waals surface area contributed by atoms with Crippen LogP contribution in [0.25, 0.3) is 0 Å². The van der Waals surface area contributed by atoms with Crippen LogP contribution >= 0.6 is 0 Å². The van der Waals surface area contributed by atoms with Crippen molar-refractivity contribution >= 4 is 49.6 Å². The van der Waals surface area contributed by atoms with Gasteiger partial charge in [0.2, 0.25) is 0 Å². The Labute approximate surface area is 437 Å². The van der Waals surface area contributed by atoms with E-state index in [0.29, 0.717) is 17.3 Å². The van der Waals surface area contributed by atoms with E-state index >= 15 is 0 Å². The van der Waals surface area contributed by atoms with Gasteiger partial charge in [-0.2, -0.15) is 17.9 Å². The summed E-state index contributed by atoms with van der Waals surface area (Å²) >= 11 is 0. The molecule has 0 fully saturated rings. The Bertz CT molecular complexity index is 2140. The zero-order valence-electron chi connectivity index (χ0n) is 44.4. The summed E-state index contributed by atoms with van der Waals surface area (Å²) in [5.74, 6) is -1.20. The van der Waals surface area contributed by atoms with Crippen LogP contribution in [0.2, 0.25) is 0 Å². The van der Waals surface area contributed by atoms with Crippen LogP contribution in [0.15, 0.2) is 63.4 Å². The third-order valence-electron chi connectivity index (χ3n) is 12.8. The summed E-state index contributed by atoms with van der Waals surface area (Å²) in [4.78, 5) is 47.8. The second-order valence-electron chi connectivity index (χ2n) is 18.8. The van der Waals surface area contributed by atoms with Crippen molar-refractivity contribution < 1.29 is 45.7 Å². The predicted molar refractivity (Wildman–Crippen MR) is 287 cm³/mol. The molecule has 0 spiro atoms. The van der Waals surface area contributed by atoms with Gasteiger partial charge in [-0.3, -0.25) is 29.8 Å². The molecule has 0 aromatic heterocycles. The largest absolute Gasteiger partial charge is 0.465 e. The number of hydrazone groups is 1. The molecule has 2 atom stereocenters. The molecule has 0 aliphatic carbocycles. The van der Waals surface area contributed by atoms with Crippen molar-refractivity contribution in [3.8, 4) is 0 Å². The van der Waals surface area contributed by atoms with E-state index in [9.17, 15) is 46.7 Å². The lowest BCUT2D eigenvalue weighted by Crippen LogP contribution is -2.45. The Morgan fingerprint density at radius 3 is 1.40 bits per heavy atom. The fourth-order valence-corrected chi connectivity index (χ4v) is 11.5. The summed E-state index contributed by atoms with van der Waals surface area (Å²) in [5, 5.41) is 28.1. The number of rotatable bonds is 45. The van der Waals surface area contributed by atoms with Crippen LogP contribution in [-0.4, -0.2) is 86.5 Å². The second-order valence-corrected chi connectivity index (χ2v) is 22.5. The lowest BCUT2D eigenvalue weighted by atomic mass is 9.94. The first-order chi connectivity index (χ1) is 35.2. The number of carbonyl (C=O) groups excluding carboxylic acids is 2. The lowest BCUT2D eigenvalue weighted by Gasteiger charge is -2.24. The Kier molecular flexibility index (Phi) is 33.7. The van der Waals surface area contributed by atoms with E-state index < -0.39 is 51.1 Å². The van der Waals surface area contributed by atoms with Gasteiger partial charge < -0.3 is 9.47 Å². The maximum atomic E-state index is 14.1. The van der Waals surface area contributed by atoms with Crippen molar-refractivity contribution in [2.45, 2.75) is 211 Å². The van der Waals surface area contributed by atoms with Crippen LogP contribution in [-0.2, 0) is 39.1 Å². The van der Waals surface area contributed by atoms with Crippen molar-refractivity contribution in [1.29, 1.82) is 0 Å². The Hall–Kier alpha value is -4.53. The van der Waals surface area contributed by atoms with Crippen LogP contribution in [0, 0.1) is 32.1 Å². The molecule has 0 saturated carbocycles. The number of sulfonamides is 2. The molecule has 0 radical (unpaired) electrons. The number of esters is 2. The zero-order chi connectivity index (χ0) is 53.7. The number of para-hydroxylation sites is 2. The maximum absolute atomic E-state index is 14.1. The van der Waals surface area contributed by atoms with Gasteiger partial charge >= 0.3 is 11.9 Å². The molecule has 0 heterocycles. The predicted octanol–water partition coefficient (Wildman–Crippen LogP) is 12.6. The molecule has 0 amide bonds. The normalized spacial score (nSPS) is 12.8. The highest BCUT2D eigenvalue weighted by Crippen LogP contribution is 2.29. The molecule has 2 unspecified atom stereocenters. The minimum Gasteiger partial charge on any atom is -0.465 e. The third-order valence-corrected chi connectivity index (χ3v) is 16.4. The molecule has 0 aliphatic heterocycles. The second kappa shape index (κ2) is 38.1. The van der Waals surface area contributed by atoms with Crippen molar-refractivity contribution in [3.63, 3.8) is 0 Å². The van der Waals surface area contributed by atoms with Crippen LogP contribution in [0.3, 0.4) is 0 Å². The van der Waals surface area contributed by atoms with Gasteiger partial charge in [-0.15, -0.1) is 4.41 Å². The fourth-order valence-electron chi connectivity index (χ4n) is 8.57. The van der Waals surface area contributed by atoms with E-state index in [1.54, 1.807) is 0 Å². The molecule has 18 nitrogen and oxygen atoms in total. The lowest BCUT2D eigenvalue weighted by molar-refractivity contribution is -0.388. The van der Waals surface area contributed by atoms with E-state index in [1.807, 2.05) is 0 Å². The van der Waals surface area contributed by atoms with Gasteiger partial charge in [-0.1, -0.05) is 180 Å². The van der Waals surface area contributed by atoms with Crippen molar-refractivity contribution in [3.05, 3.63) is 68.8 Å². The molecule has 1 N–H and O–H groups in total. The minimum absolute atomic E-state index is 0.0149. The summed E-state index contributed by atoms with van der Waals surface area (Å²) in [5.41, 5.74) is 1.47. The number of hydrogen-bond donors (Lipinski definition) is 1. The number of nitrogens with one attached hydrogen (secondary N) is 1. The number of nitro benzene ring substituents is 2. The smallest absolute Gasteiger partial charge is 0.308 e. The highest BCUT2D eigenvalue weighted by atomic mass is 32.2. The molecule has 2 aromatic rings. The van der Waals surface area contributed by atoms with Gasteiger partial charge in [-0.05, 0) is 50.7 Å². The van der Waals surface area contributed by atoms with Gasteiger partial charge in [0.25, 0.3) is 31.4 Å². The first-order valence-electron chi connectivity index (χ1n) is 27.3. The highest BCUT2D eigenvalue weighted by molar-refractivity contribution is 7.89. The number of hydrogen-bond acceptors (Lipinski definition) is 14. The number of nitro groups is 2. The highest BCUT2D eigenvalue weighted by Gasteiger charge is 2.33. The van der Waals surface area contributed by atoms with Gasteiger partial charge in [-0.25, -0.2) is 13.8 Å². The molecule has 414 valence electrons. The SMILES string of the molecule is CCCCCCCCC(CCCCCC)C(=O)OCC/C=N\N(CCCCN(NCCOC(=O)C(CCCCCC)CCCCCCCC)S(=O)(=O)c1ccccc1[N+](=O)[O-])S(=O)(=O)c1ccccc1[N+](=O)[O-]. The van der Waals surface area contributed by atoms with Crippen LogP contribution < -0.4 is 5.43 Å². The van der Waals surface area contributed by atoms with E-state index in [1.165, 1.54) is 49.7 Å². The Balaban J connectivity index is 2.27. The van der Waals surface area contributed by atoms with Crippen LogP contribution in [0.1, 0.15) is 201 Å². The maximum Gasteiger partial charge on any atom is 0.308 e. The summed E-state index contributed by atoms with van der Waals surface area (Å²) < 4.78 is 69.4. The zero-order valence-corrected chi connectivity index (χ0v) is 46.1. The summed E-state index contributed by atoms with van der Waals surface area (Å²) in [6.45, 7) is 7.52. The quantitative estimate of drug-likeness (QED) is 0.0214. The monoisotopic (exact) mass is 1060 g/mol. The molecule has 2 aromatic carbocycles. The summed E-state index contributed by atoms with van der Waals surface area (Å²) in [6.07, 6.45) is 25.4. The van der Waals surface area contributed by atoms with Gasteiger partial charge in [0, 0.05) is 37.9 Å². The third kappa shape index (κ3) is 25.0. The Morgan fingerprint density at radius 2 is 0.945 bits per heavy atom. The first kappa shape index (κ1) is 64.6. The standard InChI is InChI=1S/C53H88N6O12S2/c1-5-9-13-17-19-23-34-46(32-21-15-11-7-3)52(60)70-44-31-40-54-56(72(66,67)50-38-27-25-36-48(50)58(62)63)42-29-30-43-57(73(68,69)51-39-28-26-37-49(51)59(64)65)55-41-45-71-53(61)47(33-22-16-12-8-4)35-24-20-18-14-10-6-2/h25-28,36-40,46-47,55H,5-24,29-35,41-45H2,1-4H3/b54-40-. The molecule has 0 bridgehead atoms. The van der Waals surface area contributed by atoms with Crippen molar-refractivity contribution in [2.24, 2.45) is 16.9 Å². The number of hydrazine groups is 1. The number of benzene rings is 2. The van der Waals surface area contributed by atoms with E-state index in [4.69, 9.17) is 9.47 Å². The number of ether oxygens (including phenoxy) is 2. The van der Waals surface area contributed by atoms with E-state index in [0.717, 1.165) is 151 Å². The van der Waals surface area contributed by atoms with Crippen LogP contribution in [0.5, 0.6) is 0 Å². The average molecular weight is 1070 g/mol. The minimum atomic E-state index is -4.65. The molecule has 73 heavy (non-hydrogen) atoms. The van der Waals surface area contributed by atoms with Crippen molar-refractivity contribution in [1.82, 2.24) is 14.3 Å². The molecule has 20 heteroatoms. The van der Waals surface area contributed by atoms with E-state index in [2.05, 4.69) is 38.2 Å². The van der Waals surface area contributed by atoms with E-state index in [-0.39, 0.29) is 75.9 Å². The number of unbranched alkanes of at least 4 members (excludes halogenated alkanes) is 17. The molecular formula is C53H88N6O12S2. The van der Waals surface area contributed by atoms with Gasteiger partial charge in [0.1, 0.15) is 6.61 Å². The molecule has 0 aliphatic rings.